The minimum Gasteiger partial charge on any atom is -0.469 e. The molecule has 0 aliphatic heterocycles. The number of amides is 2. The van der Waals surface area contributed by atoms with Crippen LogP contribution in [0, 0.1) is 0 Å². The van der Waals surface area contributed by atoms with Crippen LogP contribution in [0.2, 0.25) is 0 Å². The van der Waals surface area contributed by atoms with Gasteiger partial charge in [0.2, 0.25) is 0 Å². The van der Waals surface area contributed by atoms with Gasteiger partial charge in [-0.3, -0.25) is 9.59 Å². The topological polar surface area (TPSA) is 84.5 Å². The molecular weight excluding hydrogens is 200 g/mol. The Morgan fingerprint density at radius 1 is 1.07 bits per heavy atom. The summed E-state index contributed by atoms with van der Waals surface area (Å²) < 4.78 is 4.39. The number of ether oxygens (including phenoxy) is 1. The summed E-state index contributed by atoms with van der Waals surface area (Å²) in [5.74, 6) is -0.358. The first-order chi connectivity index (χ1) is 7.06. The van der Waals surface area contributed by atoms with Crippen molar-refractivity contribution in [3.8, 4) is 0 Å². The van der Waals surface area contributed by atoms with Crippen LogP contribution >= 0.6 is 0 Å². The zero-order valence-electron chi connectivity index (χ0n) is 8.96. The molecule has 0 atom stereocenters. The van der Waals surface area contributed by atoms with E-state index in [2.05, 4.69) is 15.4 Å². The van der Waals surface area contributed by atoms with Gasteiger partial charge >= 0.3 is 12.0 Å². The molecule has 0 aromatic rings. The van der Waals surface area contributed by atoms with Gasteiger partial charge in [0.1, 0.15) is 5.78 Å². The number of hydrogen-bond acceptors (Lipinski definition) is 4. The number of esters is 1. The Morgan fingerprint density at radius 2 is 1.60 bits per heavy atom. The fraction of sp³-hybridized carbons (Fsp3) is 0.667. The van der Waals surface area contributed by atoms with E-state index in [1.807, 2.05) is 0 Å². The highest BCUT2D eigenvalue weighted by Crippen LogP contribution is 1.82. The lowest BCUT2D eigenvalue weighted by molar-refractivity contribution is -0.140. The minimum absolute atomic E-state index is 0.0184. The van der Waals surface area contributed by atoms with Crippen molar-refractivity contribution in [2.24, 2.45) is 0 Å². The van der Waals surface area contributed by atoms with Crippen LogP contribution in [0.1, 0.15) is 19.8 Å². The Kier molecular flexibility index (Phi) is 6.96. The number of urea groups is 1. The number of Topliss-reactive ketones (excluding diaryl/α,β-unsaturated/α-hetero) is 1. The molecule has 6 heteroatoms. The number of hydrogen-bond donors (Lipinski definition) is 2. The van der Waals surface area contributed by atoms with E-state index in [0.717, 1.165) is 0 Å². The van der Waals surface area contributed by atoms with Crippen molar-refractivity contribution < 1.29 is 19.1 Å². The molecule has 0 radical (unpaired) electrons. The van der Waals surface area contributed by atoms with Crippen molar-refractivity contribution >= 4 is 17.8 Å². The quantitative estimate of drug-likeness (QED) is 0.603. The van der Waals surface area contributed by atoms with Crippen LogP contribution < -0.4 is 10.6 Å². The van der Waals surface area contributed by atoms with Gasteiger partial charge in [-0.05, 0) is 6.92 Å². The maximum absolute atomic E-state index is 11.0. The van der Waals surface area contributed by atoms with Crippen LogP contribution in [-0.2, 0) is 14.3 Å². The lowest BCUT2D eigenvalue weighted by Gasteiger charge is -2.05. The zero-order valence-corrected chi connectivity index (χ0v) is 8.96. The van der Waals surface area contributed by atoms with Gasteiger partial charge in [0.25, 0.3) is 0 Å². The largest absolute Gasteiger partial charge is 0.469 e. The molecule has 6 nitrogen and oxygen atoms in total. The molecule has 0 spiro atoms. The first-order valence-electron chi connectivity index (χ1n) is 4.64. The molecule has 0 rings (SSSR count). The van der Waals surface area contributed by atoms with E-state index in [0.29, 0.717) is 13.0 Å². The van der Waals surface area contributed by atoms with E-state index in [9.17, 15) is 14.4 Å². The summed E-state index contributed by atoms with van der Waals surface area (Å²) in [6.07, 6.45) is 0.445. The predicted molar refractivity (Wildman–Crippen MR) is 53.3 cm³/mol. The van der Waals surface area contributed by atoms with Gasteiger partial charge in [-0.25, -0.2) is 4.79 Å². The lowest BCUT2D eigenvalue weighted by atomic mass is 10.3. The molecule has 0 aromatic carbocycles. The molecule has 0 bridgehead atoms. The molecule has 0 saturated carbocycles. The second kappa shape index (κ2) is 7.78. The molecule has 15 heavy (non-hydrogen) atoms. The SMILES string of the molecule is COC(=O)CCNC(=O)NCCC(C)=O. The first-order valence-corrected chi connectivity index (χ1v) is 4.64. The zero-order chi connectivity index (χ0) is 11.7. The molecule has 0 aromatic heterocycles. The molecule has 0 saturated heterocycles. The molecule has 0 unspecified atom stereocenters. The minimum atomic E-state index is -0.389. The Labute approximate surface area is 88.4 Å². The third kappa shape index (κ3) is 8.73. The van der Waals surface area contributed by atoms with Gasteiger partial charge < -0.3 is 15.4 Å². The molecule has 0 aliphatic rings. The van der Waals surface area contributed by atoms with Crippen LogP contribution in [0.3, 0.4) is 0 Å². The third-order valence-electron chi connectivity index (χ3n) is 1.60. The monoisotopic (exact) mass is 216 g/mol. The van der Waals surface area contributed by atoms with Gasteiger partial charge in [0, 0.05) is 19.5 Å². The summed E-state index contributed by atoms with van der Waals surface area (Å²) in [4.78, 5) is 32.2. The Bertz CT molecular complexity index is 240. The highest BCUT2D eigenvalue weighted by molar-refractivity contribution is 5.78. The summed E-state index contributed by atoms with van der Waals surface area (Å²) in [6.45, 7) is 1.98. The standard InChI is InChI=1S/C9H16N2O4/c1-7(12)3-5-10-9(14)11-6-4-8(13)15-2/h3-6H2,1-2H3,(H2,10,11,14). The predicted octanol–water partition coefficient (Wildman–Crippen LogP) is -0.172. The summed E-state index contributed by atoms with van der Waals surface area (Å²) >= 11 is 0. The van der Waals surface area contributed by atoms with E-state index in [1.54, 1.807) is 0 Å². The van der Waals surface area contributed by atoms with Crippen LogP contribution in [0.5, 0.6) is 0 Å². The highest BCUT2D eigenvalue weighted by Gasteiger charge is 2.02. The van der Waals surface area contributed by atoms with Crippen molar-refractivity contribution in [1.29, 1.82) is 0 Å². The Hall–Kier alpha value is -1.59. The molecule has 0 fully saturated rings. The fourth-order valence-electron chi connectivity index (χ4n) is 0.795. The van der Waals surface area contributed by atoms with Crippen molar-refractivity contribution in [2.45, 2.75) is 19.8 Å². The van der Waals surface area contributed by atoms with Crippen molar-refractivity contribution in [3.05, 3.63) is 0 Å². The van der Waals surface area contributed by atoms with Gasteiger partial charge in [0.15, 0.2) is 0 Å². The molecule has 2 amide bonds. The van der Waals surface area contributed by atoms with Crippen LogP contribution in [-0.4, -0.2) is 38.0 Å². The van der Waals surface area contributed by atoms with Gasteiger partial charge in [0.05, 0.1) is 13.5 Å². The van der Waals surface area contributed by atoms with E-state index < -0.39 is 0 Å². The van der Waals surface area contributed by atoms with E-state index in [1.165, 1.54) is 14.0 Å². The van der Waals surface area contributed by atoms with Crippen molar-refractivity contribution in [1.82, 2.24) is 10.6 Å². The molecule has 2 N–H and O–H groups in total. The first kappa shape index (κ1) is 13.4. The second-order valence-electron chi connectivity index (χ2n) is 2.96. The van der Waals surface area contributed by atoms with E-state index >= 15 is 0 Å². The third-order valence-corrected chi connectivity index (χ3v) is 1.60. The molecule has 0 aliphatic carbocycles. The summed E-state index contributed by atoms with van der Waals surface area (Å²) in [5, 5.41) is 4.94. The van der Waals surface area contributed by atoms with E-state index in [4.69, 9.17) is 0 Å². The van der Waals surface area contributed by atoms with Gasteiger partial charge in [-0.1, -0.05) is 0 Å². The molecule has 86 valence electrons. The number of rotatable bonds is 6. The van der Waals surface area contributed by atoms with E-state index in [-0.39, 0.29) is 30.7 Å². The van der Waals surface area contributed by atoms with Gasteiger partial charge in [-0.2, -0.15) is 0 Å². The fourth-order valence-corrected chi connectivity index (χ4v) is 0.795. The van der Waals surface area contributed by atoms with Crippen molar-refractivity contribution in [2.75, 3.05) is 20.2 Å². The summed E-state index contributed by atoms with van der Waals surface area (Å²) in [7, 11) is 1.29. The second-order valence-corrected chi connectivity index (χ2v) is 2.96. The number of ketones is 1. The Balaban J connectivity index is 3.41. The summed E-state index contributed by atoms with van der Waals surface area (Å²) in [5.41, 5.74) is 0. The van der Waals surface area contributed by atoms with Crippen molar-refractivity contribution in [3.63, 3.8) is 0 Å². The lowest BCUT2D eigenvalue weighted by Crippen LogP contribution is -2.37. The van der Waals surface area contributed by atoms with Gasteiger partial charge in [-0.15, -0.1) is 0 Å². The van der Waals surface area contributed by atoms with Crippen LogP contribution in [0.25, 0.3) is 0 Å². The highest BCUT2D eigenvalue weighted by atomic mass is 16.5. The molecule has 0 heterocycles. The average Bonchev–Trinajstić information content (AvgIpc) is 2.17. The van der Waals surface area contributed by atoms with Crippen LogP contribution in [0.4, 0.5) is 4.79 Å². The number of carbonyl (C=O) groups is 3. The normalized spacial score (nSPS) is 9.20. The summed E-state index contributed by atoms with van der Waals surface area (Å²) in [6, 6.07) is -0.389. The maximum Gasteiger partial charge on any atom is 0.314 e. The Morgan fingerprint density at radius 3 is 2.07 bits per heavy atom. The smallest absolute Gasteiger partial charge is 0.314 e. The number of carbonyl (C=O) groups excluding carboxylic acids is 3. The van der Waals surface area contributed by atoms with Crippen LogP contribution in [0.15, 0.2) is 0 Å². The maximum atomic E-state index is 11.0. The average molecular weight is 216 g/mol. The molecular formula is C9H16N2O4. The number of methoxy groups -OCH3 is 1. The number of nitrogens with one attached hydrogen (secondary N) is 2.